The maximum absolute atomic E-state index is 12.2. The third kappa shape index (κ3) is 2.91. The first-order valence-corrected chi connectivity index (χ1v) is 7.08. The van der Waals surface area contributed by atoms with Crippen molar-refractivity contribution in [1.29, 1.82) is 0 Å². The molecule has 0 saturated carbocycles. The zero-order valence-corrected chi connectivity index (χ0v) is 12.6. The van der Waals surface area contributed by atoms with Crippen LogP contribution in [-0.4, -0.2) is 29.8 Å². The van der Waals surface area contributed by atoms with Crippen LogP contribution in [0.5, 0.6) is 0 Å². The summed E-state index contributed by atoms with van der Waals surface area (Å²) in [6.45, 7) is 0. The van der Waals surface area contributed by atoms with Crippen LogP contribution in [-0.2, 0) is 0 Å². The fourth-order valence-electron chi connectivity index (χ4n) is 2.20. The van der Waals surface area contributed by atoms with Crippen LogP contribution in [0.2, 0.25) is 0 Å². The number of fused-ring (bicyclic) bond motifs is 1. The zero-order valence-electron chi connectivity index (χ0n) is 12.6. The van der Waals surface area contributed by atoms with Crippen LogP contribution in [0, 0.1) is 0 Å². The molecular weight excluding hydrogens is 274 g/mol. The van der Waals surface area contributed by atoms with Crippen LogP contribution in [0.1, 0.15) is 16.2 Å². The molecule has 4 heteroatoms. The molecule has 0 aliphatic carbocycles. The third-order valence-corrected chi connectivity index (χ3v) is 3.46. The van der Waals surface area contributed by atoms with E-state index in [9.17, 15) is 4.79 Å². The van der Waals surface area contributed by atoms with Gasteiger partial charge in [-0.05, 0) is 35.9 Å². The Morgan fingerprint density at radius 1 is 1.09 bits per heavy atom. The van der Waals surface area contributed by atoms with Crippen molar-refractivity contribution in [2.75, 3.05) is 19.0 Å². The third-order valence-electron chi connectivity index (χ3n) is 3.46. The molecule has 2 aromatic carbocycles. The lowest BCUT2D eigenvalue weighted by Gasteiger charge is -2.11. The first-order chi connectivity index (χ1) is 10.6. The number of rotatable bonds is 4. The molecule has 0 fully saturated rings. The van der Waals surface area contributed by atoms with E-state index in [1.807, 2.05) is 67.5 Å². The molecule has 0 saturated heterocycles. The molecule has 0 amide bonds. The van der Waals surface area contributed by atoms with E-state index in [1.54, 1.807) is 12.2 Å². The number of nitrogens with zero attached hydrogens (tertiary/aromatic N) is 2. The summed E-state index contributed by atoms with van der Waals surface area (Å²) < 4.78 is 0. The predicted molar refractivity (Wildman–Crippen MR) is 90.2 cm³/mol. The van der Waals surface area contributed by atoms with E-state index in [0.29, 0.717) is 5.82 Å². The SMILES string of the molecule is CN(C)c1ccc(/C=C/C(=O)c2nc3ccccc3[nH]2)cc1. The second-order valence-corrected chi connectivity index (χ2v) is 5.29. The van der Waals surface area contributed by atoms with Gasteiger partial charge in [-0.25, -0.2) is 4.98 Å². The second kappa shape index (κ2) is 5.85. The van der Waals surface area contributed by atoms with Crippen molar-refractivity contribution in [3.63, 3.8) is 0 Å². The zero-order chi connectivity index (χ0) is 15.5. The van der Waals surface area contributed by atoms with Gasteiger partial charge in [0.15, 0.2) is 5.82 Å². The molecule has 110 valence electrons. The minimum atomic E-state index is -0.132. The standard InChI is InChI=1S/C18H17N3O/c1-21(2)14-10-7-13(8-11-14)9-12-17(22)18-19-15-5-3-4-6-16(15)20-18/h3-12H,1-2H3,(H,19,20)/b12-9+. The molecule has 0 unspecified atom stereocenters. The lowest BCUT2D eigenvalue weighted by molar-refractivity contribution is 0.103. The number of para-hydroxylation sites is 2. The summed E-state index contributed by atoms with van der Waals surface area (Å²) in [7, 11) is 3.99. The number of allylic oxidation sites excluding steroid dienone is 1. The summed E-state index contributed by atoms with van der Waals surface area (Å²) in [4.78, 5) is 21.5. The molecule has 3 aromatic rings. The molecule has 0 aliphatic heterocycles. The van der Waals surface area contributed by atoms with E-state index >= 15 is 0 Å². The first kappa shape index (κ1) is 14.1. The van der Waals surface area contributed by atoms with Crippen molar-refractivity contribution in [2.45, 2.75) is 0 Å². The number of imidazole rings is 1. The van der Waals surface area contributed by atoms with E-state index in [2.05, 4.69) is 9.97 Å². The lowest BCUT2D eigenvalue weighted by atomic mass is 10.1. The van der Waals surface area contributed by atoms with Crippen LogP contribution in [0.15, 0.2) is 54.6 Å². The lowest BCUT2D eigenvalue weighted by Crippen LogP contribution is -2.07. The van der Waals surface area contributed by atoms with Gasteiger partial charge < -0.3 is 9.88 Å². The number of ketones is 1. The number of aromatic amines is 1. The van der Waals surface area contributed by atoms with Gasteiger partial charge in [0.25, 0.3) is 0 Å². The number of carbonyl (C=O) groups is 1. The van der Waals surface area contributed by atoms with Gasteiger partial charge in [0.1, 0.15) is 0 Å². The molecular formula is C18H17N3O. The Hall–Kier alpha value is -2.88. The van der Waals surface area contributed by atoms with Crippen LogP contribution >= 0.6 is 0 Å². The van der Waals surface area contributed by atoms with Crippen LogP contribution < -0.4 is 4.90 Å². The highest BCUT2D eigenvalue weighted by molar-refractivity contribution is 6.05. The summed E-state index contributed by atoms with van der Waals surface area (Å²) in [5.41, 5.74) is 3.78. The first-order valence-electron chi connectivity index (χ1n) is 7.08. The van der Waals surface area contributed by atoms with Crippen molar-refractivity contribution in [3.05, 3.63) is 66.0 Å². The molecule has 4 nitrogen and oxygen atoms in total. The van der Waals surface area contributed by atoms with Gasteiger partial charge in [0.2, 0.25) is 5.78 Å². The van der Waals surface area contributed by atoms with Crippen molar-refractivity contribution in [3.8, 4) is 0 Å². The Bertz CT molecular complexity index is 796. The van der Waals surface area contributed by atoms with Crippen LogP contribution in [0.4, 0.5) is 5.69 Å². The van der Waals surface area contributed by atoms with E-state index < -0.39 is 0 Å². The number of hydrogen-bond donors (Lipinski definition) is 1. The topological polar surface area (TPSA) is 49.0 Å². The Morgan fingerprint density at radius 3 is 2.50 bits per heavy atom. The second-order valence-electron chi connectivity index (χ2n) is 5.29. The van der Waals surface area contributed by atoms with Gasteiger partial charge in [-0.15, -0.1) is 0 Å². The Balaban J connectivity index is 1.78. The molecule has 1 N–H and O–H groups in total. The molecule has 0 atom stereocenters. The van der Waals surface area contributed by atoms with E-state index in [-0.39, 0.29) is 5.78 Å². The summed E-state index contributed by atoms with van der Waals surface area (Å²) >= 11 is 0. The smallest absolute Gasteiger partial charge is 0.221 e. The molecule has 0 radical (unpaired) electrons. The van der Waals surface area contributed by atoms with Crippen molar-refractivity contribution in [1.82, 2.24) is 9.97 Å². The number of benzene rings is 2. The number of hydrogen-bond acceptors (Lipinski definition) is 3. The molecule has 0 spiro atoms. The van der Waals surface area contributed by atoms with Crippen molar-refractivity contribution < 1.29 is 4.79 Å². The Labute approximate surface area is 129 Å². The average Bonchev–Trinajstić information content (AvgIpc) is 2.97. The predicted octanol–water partition coefficient (Wildman–Crippen LogP) is 3.53. The van der Waals surface area contributed by atoms with E-state index in [4.69, 9.17) is 0 Å². The summed E-state index contributed by atoms with van der Waals surface area (Å²) in [6, 6.07) is 15.6. The summed E-state index contributed by atoms with van der Waals surface area (Å²) in [5.74, 6) is 0.232. The highest BCUT2D eigenvalue weighted by Gasteiger charge is 2.07. The number of aromatic nitrogens is 2. The minimum Gasteiger partial charge on any atom is -0.378 e. The van der Waals surface area contributed by atoms with Gasteiger partial charge in [0, 0.05) is 19.8 Å². The monoisotopic (exact) mass is 291 g/mol. The fourth-order valence-corrected chi connectivity index (χ4v) is 2.20. The molecule has 0 aliphatic rings. The molecule has 1 heterocycles. The number of carbonyl (C=O) groups excluding carboxylic acids is 1. The quantitative estimate of drug-likeness (QED) is 0.591. The van der Waals surface area contributed by atoms with Crippen LogP contribution in [0.25, 0.3) is 17.1 Å². The maximum Gasteiger partial charge on any atom is 0.221 e. The number of H-pyrrole nitrogens is 1. The molecule has 0 bridgehead atoms. The van der Waals surface area contributed by atoms with E-state index in [1.165, 1.54) is 0 Å². The van der Waals surface area contributed by atoms with Gasteiger partial charge in [-0.2, -0.15) is 0 Å². The summed E-state index contributed by atoms with van der Waals surface area (Å²) in [5, 5.41) is 0. The Morgan fingerprint density at radius 2 is 1.82 bits per heavy atom. The van der Waals surface area contributed by atoms with Gasteiger partial charge >= 0.3 is 0 Å². The van der Waals surface area contributed by atoms with E-state index in [0.717, 1.165) is 22.3 Å². The highest BCUT2D eigenvalue weighted by Crippen LogP contribution is 2.14. The van der Waals surface area contributed by atoms with Crippen molar-refractivity contribution >= 4 is 28.6 Å². The number of anilines is 1. The minimum absolute atomic E-state index is 0.132. The normalized spacial score (nSPS) is 11.2. The van der Waals surface area contributed by atoms with Gasteiger partial charge in [0.05, 0.1) is 11.0 Å². The van der Waals surface area contributed by atoms with Crippen LogP contribution in [0.3, 0.4) is 0 Å². The maximum atomic E-state index is 12.2. The van der Waals surface area contributed by atoms with Gasteiger partial charge in [-0.3, -0.25) is 4.79 Å². The molecule has 22 heavy (non-hydrogen) atoms. The largest absolute Gasteiger partial charge is 0.378 e. The van der Waals surface area contributed by atoms with Crippen molar-refractivity contribution in [2.24, 2.45) is 0 Å². The molecule has 1 aromatic heterocycles. The Kier molecular flexibility index (Phi) is 3.74. The average molecular weight is 291 g/mol. The highest BCUT2D eigenvalue weighted by atomic mass is 16.1. The van der Waals surface area contributed by atoms with Gasteiger partial charge in [-0.1, -0.05) is 30.3 Å². The number of nitrogens with one attached hydrogen (secondary N) is 1. The fraction of sp³-hybridized carbons (Fsp3) is 0.111. The summed E-state index contributed by atoms with van der Waals surface area (Å²) in [6.07, 6.45) is 3.34. The molecule has 3 rings (SSSR count).